The quantitative estimate of drug-likeness (QED) is 0.275. The van der Waals surface area contributed by atoms with E-state index in [1.807, 2.05) is 0 Å². The summed E-state index contributed by atoms with van der Waals surface area (Å²) >= 11 is 17.7. The fraction of sp³-hybridized carbons (Fsp3) is 0.364. The standard InChI is InChI=1S/C11H13Cl3N2O2/c12-7-5-8(13)11(9(14)6-7)18-4-2-1-3-10(15)16-17/h5-6,17H,1-4H2,(H2,15,16). The summed E-state index contributed by atoms with van der Waals surface area (Å²) in [5, 5.41) is 12.5. The summed E-state index contributed by atoms with van der Waals surface area (Å²) in [5.74, 6) is 0.629. The second-order valence-electron chi connectivity index (χ2n) is 3.60. The van der Waals surface area contributed by atoms with E-state index in [1.54, 1.807) is 12.1 Å². The molecule has 0 atom stereocenters. The number of amidine groups is 1. The van der Waals surface area contributed by atoms with Gasteiger partial charge in [0.2, 0.25) is 0 Å². The van der Waals surface area contributed by atoms with Crippen molar-refractivity contribution in [2.24, 2.45) is 10.9 Å². The number of nitrogens with zero attached hydrogens (tertiary/aromatic N) is 1. The van der Waals surface area contributed by atoms with Gasteiger partial charge in [0.15, 0.2) is 5.75 Å². The van der Waals surface area contributed by atoms with E-state index in [2.05, 4.69) is 5.16 Å². The number of unbranched alkanes of at least 4 members (excludes halogenated alkanes) is 1. The van der Waals surface area contributed by atoms with Crippen LogP contribution in [0, 0.1) is 0 Å². The van der Waals surface area contributed by atoms with Crippen molar-refractivity contribution >= 4 is 40.6 Å². The van der Waals surface area contributed by atoms with E-state index in [4.69, 9.17) is 50.5 Å². The topological polar surface area (TPSA) is 67.8 Å². The minimum atomic E-state index is 0.206. The molecule has 0 fully saturated rings. The highest BCUT2D eigenvalue weighted by Gasteiger charge is 2.08. The lowest BCUT2D eigenvalue weighted by atomic mass is 10.2. The number of nitrogens with two attached hydrogens (primary N) is 1. The Hall–Kier alpha value is -0.840. The normalized spacial score (nSPS) is 11.6. The Morgan fingerprint density at radius 2 is 1.83 bits per heavy atom. The molecule has 7 heteroatoms. The van der Waals surface area contributed by atoms with Crippen LogP contribution < -0.4 is 10.5 Å². The van der Waals surface area contributed by atoms with Crippen molar-refractivity contribution in [2.75, 3.05) is 6.61 Å². The Labute approximate surface area is 120 Å². The van der Waals surface area contributed by atoms with Crippen LogP contribution in [0.25, 0.3) is 0 Å². The fourth-order valence-electron chi connectivity index (χ4n) is 1.30. The summed E-state index contributed by atoms with van der Waals surface area (Å²) in [4.78, 5) is 0. The van der Waals surface area contributed by atoms with Crippen molar-refractivity contribution in [3.8, 4) is 5.75 Å². The lowest BCUT2D eigenvalue weighted by Crippen LogP contribution is -2.11. The van der Waals surface area contributed by atoms with Crippen molar-refractivity contribution in [1.29, 1.82) is 0 Å². The van der Waals surface area contributed by atoms with Gasteiger partial charge in [-0.15, -0.1) is 0 Å². The van der Waals surface area contributed by atoms with Crippen molar-refractivity contribution in [3.05, 3.63) is 27.2 Å². The molecule has 0 amide bonds. The first-order chi connectivity index (χ1) is 8.54. The zero-order valence-electron chi connectivity index (χ0n) is 9.50. The van der Waals surface area contributed by atoms with Crippen LogP contribution in [0.3, 0.4) is 0 Å². The minimum absolute atomic E-state index is 0.206. The molecule has 1 rings (SSSR count). The summed E-state index contributed by atoms with van der Waals surface area (Å²) in [5.41, 5.74) is 5.33. The van der Waals surface area contributed by atoms with Gasteiger partial charge in [-0.2, -0.15) is 0 Å². The predicted molar refractivity (Wildman–Crippen MR) is 74.2 cm³/mol. The Morgan fingerprint density at radius 3 is 2.39 bits per heavy atom. The maximum Gasteiger partial charge on any atom is 0.156 e. The Morgan fingerprint density at radius 1 is 1.22 bits per heavy atom. The van der Waals surface area contributed by atoms with Crippen LogP contribution in [0.1, 0.15) is 19.3 Å². The SMILES string of the molecule is N/C(CCCCOc1c(Cl)cc(Cl)cc1Cl)=N/O. The Bertz CT molecular complexity index is 415. The largest absolute Gasteiger partial charge is 0.490 e. The molecule has 1 aromatic carbocycles. The van der Waals surface area contributed by atoms with Crippen molar-refractivity contribution in [3.63, 3.8) is 0 Å². The van der Waals surface area contributed by atoms with E-state index in [9.17, 15) is 0 Å². The monoisotopic (exact) mass is 310 g/mol. The molecule has 0 bridgehead atoms. The van der Waals surface area contributed by atoms with Gasteiger partial charge >= 0.3 is 0 Å². The number of rotatable bonds is 6. The minimum Gasteiger partial charge on any atom is -0.490 e. The Balaban J connectivity index is 2.40. The fourth-order valence-corrected chi connectivity index (χ4v) is 2.23. The van der Waals surface area contributed by atoms with E-state index < -0.39 is 0 Å². The molecular formula is C11H13Cl3N2O2. The zero-order chi connectivity index (χ0) is 13.5. The summed E-state index contributed by atoms with van der Waals surface area (Å²) in [6.07, 6.45) is 2.01. The van der Waals surface area contributed by atoms with Crippen LogP contribution in [0.4, 0.5) is 0 Å². The molecule has 0 aliphatic heterocycles. The average Bonchev–Trinajstić information content (AvgIpc) is 2.31. The van der Waals surface area contributed by atoms with Crippen LogP contribution in [-0.2, 0) is 0 Å². The van der Waals surface area contributed by atoms with Gasteiger partial charge in [0.25, 0.3) is 0 Å². The van der Waals surface area contributed by atoms with Gasteiger partial charge in [0, 0.05) is 11.4 Å². The van der Waals surface area contributed by atoms with Crippen molar-refractivity contribution in [1.82, 2.24) is 0 Å². The van der Waals surface area contributed by atoms with Gasteiger partial charge in [0.1, 0.15) is 5.84 Å². The third kappa shape index (κ3) is 4.80. The summed E-state index contributed by atoms with van der Waals surface area (Å²) in [6.45, 7) is 0.444. The average molecular weight is 312 g/mol. The molecule has 0 unspecified atom stereocenters. The predicted octanol–water partition coefficient (Wildman–Crippen LogP) is 3.94. The van der Waals surface area contributed by atoms with E-state index >= 15 is 0 Å². The summed E-state index contributed by atoms with van der Waals surface area (Å²) in [7, 11) is 0. The van der Waals surface area contributed by atoms with Crippen molar-refractivity contribution in [2.45, 2.75) is 19.3 Å². The first-order valence-corrected chi connectivity index (χ1v) is 6.41. The van der Waals surface area contributed by atoms with E-state index in [0.29, 0.717) is 33.8 Å². The highest BCUT2D eigenvalue weighted by molar-refractivity contribution is 6.40. The molecule has 0 aliphatic rings. The number of hydrogen-bond acceptors (Lipinski definition) is 3. The lowest BCUT2D eigenvalue weighted by molar-refractivity contribution is 0.305. The second-order valence-corrected chi connectivity index (χ2v) is 4.85. The molecule has 0 heterocycles. The van der Waals surface area contributed by atoms with E-state index in [-0.39, 0.29) is 5.84 Å². The van der Waals surface area contributed by atoms with Gasteiger partial charge in [0.05, 0.1) is 16.7 Å². The highest BCUT2D eigenvalue weighted by Crippen LogP contribution is 2.35. The molecule has 0 spiro atoms. The first-order valence-electron chi connectivity index (χ1n) is 5.28. The van der Waals surface area contributed by atoms with Crippen LogP contribution >= 0.6 is 34.8 Å². The van der Waals surface area contributed by atoms with Gasteiger partial charge in [-0.1, -0.05) is 40.0 Å². The molecule has 1 aromatic rings. The molecule has 0 radical (unpaired) electrons. The van der Waals surface area contributed by atoms with E-state index in [0.717, 1.165) is 12.8 Å². The third-order valence-corrected chi connectivity index (χ3v) is 2.94. The zero-order valence-corrected chi connectivity index (χ0v) is 11.8. The molecule has 0 aromatic heterocycles. The first kappa shape index (κ1) is 15.2. The molecule has 4 nitrogen and oxygen atoms in total. The maximum atomic E-state index is 8.35. The van der Waals surface area contributed by atoms with E-state index in [1.165, 1.54) is 0 Å². The van der Waals surface area contributed by atoms with Crippen LogP contribution in [0.2, 0.25) is 15.1 Å². The second kappa shape index (κ2) is 7.56. The smallest absolute Gasteiger partial charge is 0.156 e. The highest BCUT2D eigenvalue weighted by atomic mass is 35.5. The van der Waals surface area contributed by atoms with Crippen LogP contribution in [0.15, 0.2) is 17.3 Å². The van der Waals surface area contributed by atoms with Gasteiger partial charge < -0.3 is 15.7 Å². The third-order valence-electron chi connectivity index (χ3n) is 2.17. The number of benzene rings is 1. The number of oxime groups is 1. The molecule has 18 heavy (non-hydrogen) atoms. The van der Waals surface area contributed by atoms with Gasteiger partial charge in [-0.05, 0) is 25.0 Å². The number of halogens is 3. The Kier molecular flexibility index (Phi) is 6.39. The maximum absolute atomic E-state index is 8.35. The van der Waals surface area contributed by atoms with Gasteiger partial charge in [-0.25, -0.2) is 0 Å². The number of hydrogen-bond donors (Lipinski definition) is 2. The van der Waals surface area contributed by atoms with Crippen molar-refractivity contribution < 1.29 is 9.94 Å². The summed E-state index contributed by atoms with van der Waals surface area (Å²) < 4.78 is 5.47. The van der Waals surface area contributed by atoms with Crippen LogP contribution in [0.5, 0.6) is 5.75 Å². The lowest BCUT2D eigenvalue weighted by Gasteiger charge is -2.10. The van der Waals surface area contributed by atoms with Crippen LogP contribution in [-0.4, -0.2) is 17.6 Å². The molecular weight excluding hydrogens is 298 g/mol. The molecule has 3 N–H and O–H groups in total. The summed E-state index contributed by atoms with van der Waals surface area (Å²) in [6, 6.07) is 3.14. The molecule has 100 valence electrons. The molecule has 0 aliphatic carbocycles. The number of ether oxygens (including phenoxy) is 1. The molecule has 0 saturated heterocycles. The molecule has 0 saturated carbocycles. The van der Waals surface area contributed by atoms with Gasteiger partial charge in [-0.3, -0.25) is 0 Å².